The SMILES string of the molecule is [CH2]C(=O)[C@H](Cc1ccccc1)N(C(=O)OC(C)(C)C)C1CCC(C(=O)O)CC1. The molecule has 1 N–H and O–H groups in total. The number of rotatable bonds is 6. The van der Waals surface area contributed by atoms with Crippen LogP contribution in [0.1, 0.15) is 52.0 Å². The molecule has 0 spiro atoms. The van der Waals surface area contributed by atoms with Crippen LogP contribution in [0.15, 0.2) is 30.3 Å². The summed E-state index contributed by atoms with van der Waals surface area (Å²) in [5.74, 6) is -1.56. The van der Waals surface area contributed by atoms with Gasteiger partial charge < -0.3 is 9.84 Å². The maximum atomic E-state index is 13.0. The Morgan fingerprint density at radius 3 is 2.18 bits per heavy atom. The highest BCUT2D eigenvalue weighted by Crippen LogP contribution is 2.31. The lowest BCUT2D eigenvalue weighted by Crippen LogP contribution is -2.53. The number of amides is 1. The Morgan fingerprint density at radius 1 is 1.14 bits per heavy atom. The summed E-state index contributed by atoms with van der Waals surface area (Å²) in [7, 11) is 0. The Morgan fingerprint density at radius 2 is 1.71 bits per heavy atom. The first-order chi connectivity index (χ1) is 13.1. The van der Waals surface area contributed by atoms with Gasteiger partial charge in [0.15, 0.2) is 5.78 Å². The largest absolute Gasteiger partial charge is 0.481 e. The van der Waals surface area contributed by atoms with Gasteiger partial charge in [-0.05, 0) is 52.0 Å². The molecule has 1 amide bonds. The Bertz CT molecular complexity index is 687. The van der Waals surface area contributed by atoms with E-state index in [0.717, 1.165) is 5.56 Å². The summed E-state index contributed by atoms with van der Waals surface area (Å²) >= 11 is 0. The van der Waals surface area contributed by atoms with E-state index in [2.05, 4.69) is 6.92 Å². The molecule has 6 heteroatoms. The number of carbonyl (C=O) groups is 3. The van der Waals surface area contributed by atoms with Crippen LogP contribution in [0.5, 0.6) is 0 Å². The standard InChI is InChI=1S/C22H30NO5/c1-15(24)19(14-16-8-6-5-7-9-16)23(21(27)28-22(2,3)4)18-12-10-17(11-13-18)20(25)26/h5-9,17-19H,1,10-14H2,2-4H3,(H,25,26)/t17?,18?,19-/m0/s1. The summed E-state index contributed by atoms with van der Waals surface area (Å²) in [5.41, 5.74) is 0.229. The molecular weight excluding hydrogens is 358 g/mol. The van der Waals surface area contributed by atoms with Crippen molar-refractivity contribution in [2.24, 2.45) is 5.92 Å². The Hall–Kier alpha value is -2.37. The van der Waals surface area contributed by atoms with Crippen LogP contribution < -0.4 is 0 Å². The molecule has 1 aromatic carbocycles. The maximum absolute atomic E-state index is 13.0. The van der Waals surface area contributed by atoms with E-state index in [1.807, 2.05) is 30.3 Å². The summed E-state index contributed by atoms with van der Waals surface area (Å²) in [6.45, 7) is 8.93. The molecule has 0 aromatic heterocycles. The van der Waals surface area contributed by atoms with Gasteiger partial charge in [0.2, 0.25) is 0 Å². The topological polar surface area (TPSA) is 83.9 Å². The third-order valence-corrected chi connectivity index (χ3v) is 5.02. The lowest BCUT2D eigenvalue weighted by molar-refractivity contribution is -0.143. The molecule has 0 bridgehead atoms. The number of carboxylic acid groups (broad SMARTS) is 1. The molecule has 153 valence electrons. The van der Waals surface area contributed by atoms with Crippen molar-refractivity contribution in [2.45, 2.75) is 70.6 Å². The number of ketones is 1. The van der Waals surface area contributed by atoms with E-state index < -0.39 is 29.6 Å². The molecule has 1 aliphatic carbocycles. The van der Waals surface area contributed by atoms with Crippen LogP contribution in [-0.2, 0) is 20.7 Å². The van der Waals surface area contributed by atoms with Gasteiger partial charge in [-0.2, -0.15) is 0 Å². The summed E-state index contributed by atoms with van der Waals surface area (Å²) in [5, 5.41) is 9.25. The van der Waals surface area contributed by atoms with Gasteiger partial charge in [-0.3, -0.25) is 14.5 Å². The summed E-state index contributed by atoms with van der Waals surface area (Å²) in [4.78, 5) is 38.2. The van der Waals surface area contributed by atoms with Crippen molar-refractivity contribution in [1.82, 2.24) is 4.90 Å². The first-order valence-corrected chi connectivity index (χ1v) is 9.72. The van der Waals surface area contributed by atoms with Crippen LogP contribution in [-0.4, -0.2) is 45.5 Å². The lowest BCUT2D eigenvalue weighted by Gasteiger charge is -2.40. The normalized spacial score (nSPS) is 20.9. The third-order valence-electron chi connectivity index (χ3n) is 5.02. The zero-order valence-corrected chi connectivity index (χ0v) is 16.9. The molecule has 0 heterocycles. The molecule has 2 rings (SSSR count). The minimum Gasteiger partial charge on any atom is -0.481 e. The first-order valence-electron chi connectivity index (χ1n) is 9.72. The third kappa shape index (κ3) is 6.08. The van der Waals surface area contributed by atoms with Gasteiger partial charge in [0.1, 0.15) is 5.60 Å². The Labute approximate surface area is 166 Å². The predicted octanol–water partition coefficient (Wildman–Crippen LogP) is 3.88. The van der Waals surface area contributed by atoms with Crippen molar-refractivity contribution in [1.29, 1.82) is 0 Å². The van der Waals surface area contributed by atoms with Crippen molar-refractivity contribution in [2.75, 3.05) is 0 Å². The Balaban J connectivity index is 2.28. The second kappa shape index (κ2) is 9.22. The Kier molecular flexibility index (Phi) is 7.22. The lowest BCUT2D eigenvalue weighted by atomic mass is 9.84. The van der Waals surface area contributed by atoms with Gasteiger partial charge in [0.25, 0.3) is 0 Å². The fourth-order valence-electron chi connectivity index (χ4n) is 3.65. The number of aliphatic carboxylic acids is 1. The molecule has 0 aliphatic heterocycles. The van der Waals surface area contributed by atoms with Crippen LogP contribution in [0.25, 0.3) is 0 Å². The zero-order valence-electron chi connectivity index (χ0n) is 16.9. The molecule has 0 saturated heterocycles. The van der Waals surface area contributed by atoms with Crippen molar-refractivity contribution in [3.05, 3.63) is 42.8 Å². The maximum Gasteiger partial charge on any atom is 0.411 e. The van der Waals surface area contributed by atoms with Crippen LogP contribution in [0, 0.1) is 12.8 Å². The number of Topliss-reactive ketones (excluding diaryl/α,β-unsaturated/α-hetero) is 1. The molecule has 1 aromatic rings. The fourth-order valence-corrected chi connectivity index (χ4v) is 3.65. The summed E-state index contributed by atoms with van der Waals surface area (Å²) < 4.78 is 5.59. The molecule has 1 atom stereocenters. The van der Waals surface area contributed by atoms with Crippen LogP contribution in [0.2, 0.25) is 0 Å². The van der Waals surface area contributed by atoms with Crippen LogP contribution in [0.4, 0.5) is 4.79 Å². The monoisotopic (exact) mass is 388 g/mol. The van der Waals surface area contributed by atoms with Crippen LogP contribution >= 0.6 is 0 Å². The average molecular weight is 388 g/mol. The number of carbonyl (C=O) groups excluding carboxylic acids is 2. The first kappa shape index (κ1) is 21.9. The van der Waals surface area contributed by atoms with Gasteiger partial charge in [-0.1, -0.05) is 30.3 Å². The summed E-state index contributed by atoms with van der Waals surface area (Å²) in [6, 6.07) is 8.48. The molecular formula is C22H30NO5. The van der Waals surface area contributed by atoms with Gasteiger partial charge in [0, 0.05) is 19.4 Å². The predicted molar refractivity (Wildman–Crippen MR) is 106 cm³/mol. The molecule has 1 radical (unpaired) electrons. The molecule has 28 heavy (non-hydrogen) atoms. The number of hydrogen-bond donors (Lipinski definition) is 1. The quantitative estimate of drug-likeness (QED) is 0.799. The van der Waals surface area contributed by atoms with Crippen molar-refractivity contribution >= 4 is 17.8 Å². The average Bonchev–Trinajstić information content (AvgIpc) is 2.61. The molecule has 6 nitrogen and oxygen atoms in total. The number of hydrogen-bond acceptors (Lipinski definition) is 4. The van der Waals surface area contributed by atoms with E-state index in [0.29, 0.717) is 32.1 Å². The highest BCUT2D eigenvalue weighted by Gasteiger charge is 2.39. The molecule has 1 aliphatic rings. The number of nitrogens with zero attached hydrogens (tertiary/aromatic N) is 1. The van der Waals surface area contributed by atoms with E-state index in [4.69, 9.17) is 4.74 Å². The van der Waals surface area contributed by atoms with E-state index in [1.165, 1.54) is 4.90 Å². The minimum atomic E-state index is -0.809. The van der Waals surface area contributed by atoms with Gasteiger partial charge in [-0.15, -0.1) is 0 Å². The van der Waals surface area contributed by atoms with E-state index >= 15 is 0 Å². The highest BCUT2D eigenvalue weighted by atomic mass is 16.6. The van der Waals surface area contributed by atoms with E-state index in [1.54, 1.807) is 20.8 Å². The van der Waals surface area contributed by atoms with Crippen molar-refractivity contribution < 1.29 is 24.2 Å². The van der Waals surface area contributed by atoms with Crippen LogP contribution in [0.3, 0.4) is 0 Å². The molecule has 1 fully saturated rings. The number of carboxylic acids is 1. The number of ether oxygens (including phenoxy) is 1. The summed E-state index contributed by atoms with van der Waals surface area (Å²) in [6.07, 6.45) is 1.79. The van der Waals surface area contributed by atoms with E-state index in [-0.39, 0.29) is 11.8 Å². The fraction of sp³-hybridized carbons (Fsp3) is 0.545. The minimum absolute atomic E-state index is 0.245. The van der Waals surface area contributed by atoms with Gasteiger partial charge in [-0.25, -0.2) is 4.79 Å². The van der Waals surface area contributed by atoms with E-state index in [9.17, 15) is 19.5 Å². The van der Waals surface area contributed by atoms with Crippen molar-refractivity contribution in [3.8, 4) is 0 Å². The smallest absolute Gasteiger partial charge is 0.411 e. The zero-order chi connectivity index (χ0) is 20.9. The number of benzene rings is 1. The van der Waals surface area contributed by atoms with Gasteiger partial charge >= 0.3 is 12.1 Å². The molecule has 1 saturated carbocycles. The van der Waals surface area contributed by atoms with Crippen molar-refractivity contribution in [3.63, 3.8) is 0 Å². The molecule has 0 unspecified atom stereocenters. The van der Waals surface area contributed by atoms with Gasteiger partial charge in [0.05, 0.1) is 12.0 Å². The second-order valence-electron chi connectivity index (χ2n) is 8.40. The second-order valence-corrected chi connectivity index (χ2v) is 8.40. The highest BCUT2D eigenvalue weighted by molar-refractivity contribution is 5.91.